The van der Waals surface area contributed by atoms with Crippen LogP contribution in [0.1, 0.15) is 23.6 Å². The minimum atomic E-state index is -1.71. The fourth-order valence-electron chi connectivity index (χ4n) is 2.23. The second kappa shape index (κ2) is 8.66. The van der Waals surface area contributed by atoms with Crippen LogP contribution in [0.2, 0.25) is 0 Å². The van der Waals surface area contributed by atoms with Gasteiger partial charge >= 0.3 is 7.12 Å². The summed E-state index contributed by atoms with van der Waals surface area (Å²) in [4.78, 5) is 25.1. The maximum absolute atomic E-state index is 12.3. The molecular formula is C17H25BN2O4. The van der Waals surface area contributed by atoms with Gasteiger partial charge in [-0.15, -0.1) is 0 Å². The molecule has 1 unspecified atom stereocenters. The summed E-state index contributed by atoms with van der Waals surface area (Å²) in [6.45, 7) is 8.91. The first-order valence-corrected chi connectivity index (χ1v) is 7.79. The molecular weight excluding hydrogens is 307 g/mol. The SMILES string of the molecule is C=CC(=O)N(C)[C@@H](C)C(=O)NC(Cc1ccc(C)c(C)c1)B(O)O. The summed E-state index contributed by atoms with van der Waals surface area (Å²) >= 11 is 0. The predicted molar refractivity (Wildman–Crippen MR) is 94.2 cm³/mol. The van der Waals surface area contributed by atoms with Gasteiger partial charge < -0.3 is 20.3 Å². The average Bonchev–Trinajstić information content (AvgIpc) is 2.55. The van der Waals surface area contributed by atoms with Crippen LogP contribution < -0.4 is 5.32 Å². The van der Waals surface area contributed by atoms with E-state index in [0.29, 0.717) is 0 Å². The number of amides is 2. The molecule has 1 aromatic rings. The third-order valence-electron chi connectivity index (χ3n) is 4.20. The highest BCUT2D eigenvalue weighted by molar-refractivity contribution is 6.43. The molecule has 7 heteroatoms. The minimum Gasteiger partial charge on any atom is -0.426 e. The Morgan fingerprint density at radius 2 is 1.96 bits per heavy atom. The van der Waals surface area contributed by atoms with Gasteiger partial charge in [0.2, 0.25) is 11.8 Å². The van der Waals surface area contributed by atoms with Crippen molar-refractivity contribution in [1.82, 2.24) is 10.2 Å². The Morgan fingerprint density at radius 3 is 2.46 bits per heavy atom. The zero-order valence-corrected chi connectivity index (χ0v) is 14.6. The first kappa shape index (κ1) is 19.9. The third kappa shape index (κ3) is 5.21. The monoisotopic (exact) mass is 332 g/mol. The van der Waals surface area contributed by atoms with Crippen molar-refractivity contribution in [2.24, 2.45) is 0 Å². The number of rotatable bonds is 7. The molecule has 0 saturated carbocycles. The van der Waals surface area contributed by atoms with Gasteiger partial charge in [-0.3, -0.25) is 9.59 Å². The standard InChI is InChI=1S/C17H25BN2O4/c1-6-16(21)20(5)13(4)17(22)19-15(18(23)24)10-14-8-7-11(2)12(3)9-14/h6-9,13,15,23-24H,1,10H2,2-5H3,(H,19,22)/t13-,15?/m0/s1. The summed E-state index contributed by atoms with van der Waals surface area (Å²) in [5, 5.41) is 21.7. The maximum Gasteiger partial charge on any atom is 0.475 e. The number of carbonyl (C=O) groups is 2. The number of hydrogen-bond donors (Lipinski definition) is 3. The minimum absolute atomic E-state index is 0.274. The molecule has 2 atom stereocenters. The van der Waals surface area contributed by atoms with E-state index in [2.05, 4.69) is 11.9 Å². The number of nitrogens with one attached hydrogen (secondary N) is 1. The van der Waals surface area contributed by atoms with E-state index in [0.717, 1.165) is 22.8 Å². The van der Waals surface area contributed by atoms with Crippen molar-refractivity contribution in [2.75, 3.05) is 7.05 Å². The largest absolute Gasteiger partial charge is 0.475 e. The van der Waals surface area contributed by atoms with Gasteiger partial charge in [0.1, 0.15) is 6.04 Å². The molecule has 0 aliphatic carbocycles. The Morgan fingerprint density at radius 1 is 1.33 bits per heavy atom. The van der Waals surface area contributed by atoms with Crippen molar-refractivity contribution in [3.63, 3.8) is 0 Å². The second-order valence-electron chi connectivity index (χ2n) is 5.98. The van der Waals surface area contributed by atoms with Gasteiger partial charge in [-0.05, 0) is 50.0 Å². The lowest BCUT2D eigenvalue weighted by Gasteiger charge is -2.26. The number of aryl methyl sites for hydroxylation is 2. The summed E-state index contributed by atoms with van der Waals surface area (Å²) in [5.41, 5.74) is 3.12. The number of hydrogen-bond acceptors (Lipinski definition) is 4. The Hall–Kier alpha value is -2.12. The third-order valence-corrected chi connectivity index (χ3v) is 4.20. The second-order valence-corrected chi connectivity index (χ2v) is 5.98. The highest BCUT2D eigenvalue weighted by Gasteiger charge is 2.29. The summed E-state index contributed by atoms with van der Waals surface area (Å²) in [7, 11) is -0.217. The van der Waals surface area contributed by atoms with E-state index in [9.17, 15) is 19.6 Å². The Labute approximate surface area is 143 Å². The molecule has 130 valence electrons. The molecule has 0 aliphatic rings. The van der Waals surface area contributed by atoms with Crippen LogP contribution >= 0.6 is 0 Å². The molecule has 0 spiro atoms. The fraction of sp³-hybridized carbons (Fsp3) is 0.412. The summed E-state index contributed by atoms with van der Waals surface area (Å²) < 4.78 is 0. The van der Waals surface area contributed by atoms with Crippen molar-refractivity contribution < 1.29 is 19.6 Å². The number of carbonyl (C=O) groups excluding carboxylic acids is 2. The molecule has 0 bridgehead atoms. The molecule has 0 aliphatic heterocycles. The van der Waals surface area contributed by atoms with E-state index in [1.807, 2.05) is 32.0 Å². The number of benzene rings is 1. The summed E-state index contributed by atoms with van der Waals surface area (Å²) in [6.07, 6.45) is 1.40. The van der Waals surface area contributed by atoms with Crippen molar-refractivity contribution in [2.45, 2.75) is 39.2 Å². The molecule has 1 rings (SSSR count). The maximum atomic E-state index is 12.3. The zero-order valence-electron chi connectivity index (χ0n) is 14.6. The lowest BCUT2D eigenvalue weighted by atomic mass is 9.75. The quantitative estimate of drug-likeness (QED) is 0.497. The first-order chi connectivity index (χ1) is 11.2. The molecule has 0 saturated heterocycles. The predicted octanol–water partition coefficient (Wildman–Crippen LogP) is 0.376. The molecule has 1 aromatic carbocycles. The Balaban J connectivity index is 2.82. The van der Waals surface area contributed by atoms with E-state index < -0.39 is 25.0 Å². The zero-order chi connectivity index (χ0) is 18.4. The van der Waals surface area contributed by atoms with Gasteiger partial charge in [0.15, 0.2) is 0 Å². The van der Waals surface area contributed by atoms with Crippen LogP contribution in [0.15, 0.2) is 30.9 Å². The van der Waals surface area contributed by atoms with Crippen LogP contribution in [0.4, 0.5) is 0 Å². The van der Waals surface area contributed by atoms with E-state index in [4.69, 9.17) is 0 Å². The molecule has 2 amide bonds. The van der Waals surface area contributed by atoms with Crippen molar-refractivity contribution in [3.8, 4) is 0 Å². The average molecular weight is 332 g/mol. The molecule has 24 heavy (non-hydrogen) atoms. The van der Waals surface area contributed by atoms with Crippen molar-refractivity contribution >= 4 is 18.9 Å². The van der Waals surface area contributed by atoms with Gasteiger partial charge in [-0.2, -0.15) is 0 Å². The lowest BCUT2D eigenvalue weighted by Crippen LogP contribution is -2.54. The van der Waals surface area contributed by atoms with Crippen LogP contribution in [-0.4, -0.2) is 52.9 Å². The molecule has 3 N–H and O–H groups in total. The lowest BCUT2D eigenvalue weighted by molar-refractivity contribution is -0.135. The summed E-state index contributed by atoms with van der Waals surface area (Å²) in [5.74, 6) is -1.71. The molecule has 0 aromatic heterocycles. The number of nitrogens with zero attached hydrogens (tertiary/aromatic N) is 1. The Bertz CT molecular complexity index is 619. The van der Waals surface area contributed by atoms with Gasteiger partial charge in [-0.1, -0.05) is 24.8 Å². The van der Waals surface area contributed by atoms with Crippen LogP contribution in [0, 0.1) is 13.8 Å². The van der Waals surface area contributed by atoms with Crippen LogP contribution in [0.3, 0.4) is 0 Å². The topological polar surface area (TPSA) is 89.9 Å². The van der Waals surface area contributed by atoms with Crippen LogP contribution in [-0.2, 0) is 16.0 Å². The molecule has 0 heterocycles. The van der Waals surface area contributed by atoms with Gasteiger partial charge in [-0.25, -0.2) is 0 Å². The molecule has 6 nitrogen and oxygen atoms in total. The Kier molecular flexibility index (Phi) is 7.19. The summed E-state index contributed by atoms with van der Waals surface area (Å²) in [6, 6.07) is 5.04. The van der Waals surface area contributed by atoms with E-state index in [-0.39, 0.29) is 12.3 Å². The van der Waals surface area contributed by atoms with Crippen LogP contribution in [0.5, 0.6) is 0 Å². The molecule has 0 radical (unpaired) electrons. The van der Waals surface area contributed by atoms with E-state index in [1.54, 1.807) is 6.92 Å². The van der Waals surface area contributed by atoms with Gasteiger partial charge in [0.25, 0.3) is 0 Å². The fourth-order valence-corrected chi connectivity index (χ4v) is 2.23. The highest BCUT2D eigenvalue weighted by Crippen LogP contribution is 2.12. The van der Waals surface area contributed by atoms with Gasteiger partial charge in [0, 0.05) is 7.05 Å². The molecule has 0 fully saturated rings. The smallest absolute Gasteiger partial charge is 0.426 e. The normalized spacial score (nSPS) is 12.9. The van der Waals surface area contributed by atoms with Crippen molar-refractivity contribution in [1.29, 1.82) is 0 Å². The highest BCUT2D eigenvalue weighted by atomic mass is 16.4. The number of likely N-dealkylation sites (N-methyl/N-ethyl adjacent to an activating group) is 1. The van der Waals surface area contributed by atoms with E-state index >= 15 is 0 Å². The van der Waals surface area contributed by atoms with Gasteiger partial charge in [0.05, 0.1) is 5.94 Å². The van der Waals surface area contributed by atoms with Crippen LogP contribution in [0.25, 0.3) is 0 Å². The van der Waals surface area contributed by atoms with Crippen molar-refractivity contribution in [3.05, 3.63) is 47.5 Å². The van der Waals surface area contributed by atoms with E-state index in [1.165, 1.54) is 11.9 Å². The first-order valence-electron chi connectivity index (χ1n) is 7.79.